The van der Waals surface area contributed by atoms with Crippen LogP contribution in [0.5, 0.6) is 11.5 Å². The first-order valence-corrected chi connectivity index (χ1v) is 12.8. The average molecular weight is 510 g/mol. The summed E-state index contributed by atoms with van der Waals surface area (Å²) in [6.07, 6.45) is 2.99. The molecule has 10 heteroatoms. The Morgan fingerprint density at radius 3 is 2.86 bits per heavy atom. The zero-order valence-electron chi connectivity index (χ0n) is 18.8. The maximum absolute atomic E-state index is 13.1. The molecule has 1 aromatic carbocycles. The van der Waals surface area contributed by atoms with Crippen LogP contribution in [0.25, 0.3) is 6.08 Å². The van der Waals surface area contributed by atoms with E-state index >= 15 is 0 Å². The van der Waals surface area contributed by atoms with Crippen molar-refractivity contribution in [1.82, 2.24) is 14.4 Å². The molecule has 0 radical (unpaired) electrons. The van der Waals surface area contributed by atoms with Crippen molar-refractivity contribution in [2.45, 2.75) is 25.3 Å². The molecule has 0 saturated carbocycles. The van der Waals surface area contributed by atoms with E-state index in [0.29, 0.717) is 40.4 Å². The van der Waals surface area contributed by atoms with Gasteiger partial charge in [-0.1, -0.05) is 36.1 Å². The highest BCUT2D eigenvalue weighted by atomic mass is 32.2. The number of benzene rings is 1. The molecule has 2 unspecified atom stereocenters. The van der Waals surface area contributed by atoms with Crippen molar-refractivity contribution >= 4 is 46.2 Å². The summed E-state index contributed by atoms with van der Waals surface area (Å²) in [4.78, 5) is 42.2. The van der Waals surface area contributed by atoms with E-state index in [1.807, 2.05) is 33.7 Å². The number of aromatic nitrogens is 1. The second-order valence-electron chi connectivity index (χ2n) is 9.19. The van der Waals surface area contributed by atoms with Crippen LogP contribution in [0.2, 0.25) is 0 Å². The van der Waals surface area contributed by atoms with Crippen molar-refractivity contribution in [3.05, 3.63) is 62.9 Å². The molecule has 2 saturated heterocycles. The predicted octanol–water partition coefficient (Wildman–Crippen LogP) is 2.81. The van der Waals surface area contributed by atoms with E-state index in [0.717, 1.165) is 17.7 Å². The SMILES string of the molecule is O=C(CCN1C(=O)C(=Cc2ccc3c(c2)OCO3)SC1=S)N1CC2CC(C1)c1cccc(=O)n1C2. The lowest BCUT2D eigenvalue weighted by atomic mass is 9.83. The quantitative estimate of drug-likeness (QED) is 0.463. The summed E-state index contributed by atoms with van der Waals surface area (Å²) in [6, 6.07) is 10.9. The van der Waals surface area contributed by atoms with Crippen LogP contribution >= 0.6 is 24.0 Å². The summed E-state index contributed by atoms with van der Waals surface area (Å²) >= 11 is 6.69. The monoisotopic (exact) mass is 509 g/mol. The number of thioether (sulfide) groups is 1. The number of hydrogen-bond acceptors (Lipinski definition) is 7. The first-order valence-electron chi connectivity index (χ1n) is 11.6. The van der Waals surface area contributed by atoms with E-state index in [2.05, 4.69) is 0 Å². The Morgan fingerprint density at radius 2 is 1.97 bits per heavy atom. The molecular weight excluding hydrogens is 486 g/mol. The summed E-state index contributed by atoms with van der Waals surface area (Å²) < 4.78 is 13.1. The highest BCUT2D eigenvalue weighted by molar-refractivity contribution is 8.26. The zero-order valence-corrected chi connectivity index (χ0v) is 20.5. The van der Waals surface area contributed by atoms with Crippen LogP contribution in [-0.2, 0) is 16.1 Å². The van der Waals surface area contributed by atoms with Crippen molar-refractivity contribution in [2.75, 3.05) is 26.4 Å². The van der Waals surface area contributed by atoms with Gasteiger partial charge in [-0.25, -0.2) is 0 Å². The number of hydrogen-bond donors (Lipinski definition) is 0. The van der Waals surface area contributed by atoms with Crippen LogP contribution in [0.15, 0.2) is 46.1 Å². The Balaban J connectivity index is 1.10. The van der Waals surface area contributed by atoms with Gasteiger partial charge in [-0.2, -0.15) is 0 Å². The summed E-state index contributed by atoms with van der Waals surface area (Å²) in [5.74, 6) is 1.60. The van der Waals surface area contributed by atoms with Crippen LogP contribution in [0, 0.1) is 5.92 Å². The molecule has 2 bridgehead atoms. The van der Waals surface area contributed by atoms with Gasteiger partial charge in [-0.05, 0) is 42.2 Å². The van der Waals surface area contributed by atoms with E-state index in [4.69, 9.17) is 21.7 Å². The number of pyridine rings is 1. The first kappa shape index (κ1) is 22.4. The van der Waals surface area contributed by atoms with Crippen LogP contribution in [0.3, 0.4) is 0 Å². The molecule has 0 aliphatic carbocycles. The molecule has 8 nitrogen and oxygen atoms in total. The fourth-order valence-electron chi connectivity index (χ4n) is 5.31. The smallest absolute Gasteiger partial charge is 0.266 e. The third kappa shape index (κ3) is 4.14. The van der Waals surface area contributed by atoms with Gasteiger partial charge >= 0.3 is 0 Å². The van der Waals surface area contributed by atoms with Crippen molar-refractivity contribution in [1.29, 1.82) is 0 Å². The second kappa shape index (κ2) is 8.83. The van der Waals surface area contributed by atoms with Crippen LogP contribution in [0.1, 0.15) is 30.0 Å². The lowest BCUT2D eigenvalue weighted by Crippen LogP contribution is -2.49. The van der Waals surface area contributed by atoms with E-state index < -0.39 is 0 Å². The van der Waals surface area contributed by atoms with Gasteiger partial charge in [0, 0.05) is 50.3 Å². The van der Waals surface area contributed by atoms with Gasteiger partial charge in [0.2, 0.25) is 12.7 Å². The van der Waals surface area contributed by atoms with E-state index in [-0.39, 0.29) is 49.0 Å². The van der Waals surface area contributed by atoms with Gasteiger partial charge < -0.3 is 18.9 Å². The number of nitrogens with zero attached hydrogens (tertiary/aromatic N) is 3. The highest BCUT2D eigenvalue weighted by Crippen LogP contribution is 2.37. The van der Waals surface area contributed by atoms with Gasteiger partial charge in [0.25, 0.3) is 11.5 Å². The molecule has 0 spiro atoms. The molecule has 2 atom stereocenters. The third-order valence-electron chi connectivity index (χ3n) is 6.95. The highest BCUT2D eigenvalue weighted by Gasteiger charge is 2.37. The first-order chi connectivity index (χ1) is 17.0. The van der Waals surface area contributed by atoms with Crippen molar-refractivity contribution in [3.8, 4) is 11.5 Å². The number of amides is 2. The molecular formula is C25H23N3O5S2. The van der Waals surface area contributed by atoms with Crippen molar-refractivity contribution in [2.24, 2.45) is 5.92 Å². The molecule has 2 aromatic rings. The predicted molar refractivity (Wildman–Crippen MR) is 135 cm³/mol. The molecule has 2 amide bonds. The van der Waals surface area contributed by atoms with E-state index in [1.165, 1.54) is 16.7 Å². The Bertz CT molecular complexity index is 1340. The lowest BCUT2D eigenvalue weighted by molar-refractivity contribution is -0.134. The fraction of sp³-hybridized carbons (Fsp3) is 0.360. The summed E-state index contributed by atoms with van der Waals surface area (Å²) in [5.41, 5.74) is 1.86. The number of thiocarbonyl (C=S) groups is 1. The topological polar surface area (TPSA) is 81.1 Å². The standard InChI is InChI=1S/C25H23N3O5S2/c29-22(26-11-16-8-17(13-26)18-2-1-3-23(30)28(18)12-16)6-7-27-24(31)21(35-25(27)34)10-15-4-5-19-20(9-15)33-14-32-19/h1-5,9-10,16-17H,6-8,11-14H2. The number of carbonyl (C=O) groups excluding carboxylic acids is 2. The van der Waals surface area contributed by atoms with Gasteiger partial charge in [0.1, 0.15) is 4.32 Å². The van der Waals surface area contributed by atoms with Gasteiger partial charge in [0.15, 0.2) is 11.5 Å². The third-order valence-corrected chi connectivity index (χ3v) is 8.33. The second-order valence-corrected chi connectivity index (χ2v) is 10.9. The Kier molecular flexibility index (Phi) is 5.64. The molecule has 4 aliphatic rings. The minimum absolute atomic E-state index is 0.0141. The van der Waals surface area contributed by atoms with Crippen LogP contribution in [-0.4, -0.2) is 56.9 Å². The largest absolute Gasteiger partial charge is 0.454 e. The van der Waals surface area contributed by atoms with Crippen molar-refractivity contribution < 1.29 is 19.1 Å². The molecule has 1 aromatic heterocycles. The molecule has 4 aliphatic heterocycles. The number of fused-ring (bicyclic) bond motifs is 5. The maximum Gasteiger partial charge on any atom is 0.266 e. The summed E-state index contributed by atoms with van der Waals surface area (Å²) in [5, 5.41) is 0. The Labute approximate surface area is 211 Å². The van der Waals surface area contributed by atoms with Gasteiger partial charge in [0.05, 0.1) is 4.91 Å². The molecule has 0 N–H and O–H groups in total. The number of ether oxygens (including phenoxy) is 2. The Morgan fingerprint density at radius 1 is 1.11 bits per heavy atom. The Hall–Kier alpha value is -3.11. The minimum Gasteiger partial charge on any atom is -0.454 e. The minimum atomic E-state index is -0.186. The summed E-state index contributed by atoms with van der Waals surface area (Å²) in [6.45, 7) is 2.33. The summed E-state index contributed by atoms with van der Waals surface area (Å²) in [7, 11) is 0. The molecule has 180 valence electrons. The molecule has 5 heterocycles. The lowest BCUT2D eigenvalue weighted by Gasteiger charge is -2.42. The van der Waals surface area contributed by atoms with Gasteiger partial charge in [-0.3, -0.25) is 19.3 Å². The van der Waals surface area contributed by atoms with E-state index in [1.54, 1.807) is 18.2 Å². The normalized spacial score (nSPS) is 23.7. The maximum atomic E-state index is 13.1. The number of likely N-dealkylation sites (tertiary alicyclic amines) is 1. The molecule has 6 rings (SSSR count). The number of rotatable bonds is 4. The van der Waals surface area contributed by atoms with Crippen LogP contribution < -0.4 is 15.0 Å². The number of carbonyl (C=O) groups is 2. The zero-order chi connectivity index (χ0) is 24.1. The average Bonchev–Trinajstić information content (AvgIpc) is 3.42. The number of piperidine rings is 1. The van der Waals surface area contributed by atoms with Crippen LogP contribution in [0.4, 0.5) is 0 Å². The van der Waals surface area contributed by atoms with Gasteiger partial charge in [-0.15, -0.1) is 0 Å². The van der Waals surface area contributed by atoms with E-state index in [9.17, 15) is 14.4 Å². The molecule has 35 heavy (non-hydrogen) atoms. The molecule has 2 fully saturated rings. The van der Waals surface area contributed by atoms with Crippen molar-refractivity contribution in [3.63, 3.8) is 0 Å². The fourth-order valence-corrected chi connectivity index (χ4v) is 6.62.